The number of amides is 1. The highest BCUT2D eigenvalue weighted by Crippen LogP contribution is 2.38. The topological polar surface area (TPSA) is 38.3 Å². The van der Waals surface area contributed by atoms with Crippen LogP contribution in [0.25, 0.3) is 0 Å². The molecule has 1 heterocycles. The number of hydrogen-bond acceptors (Lipinski definition) is 2. The molecule has 0 spiro atoms. The van der Waals surface area contributed by atoms with E-state index < -0.39 is 0 Å². The molecule has 1 aromatic rings. The van der Waals surface area contributed by atoms with E-state index in [-0.39, 0.29) is 5.91 Å². The Morgan fingerprint density at radius 1 is 1.44 bits per heavy atom. The smallest absolute Gasteiger partial charge is 0.224 e. The van der Waals surface area contributed by atoms with Crippen molar-refractivity contribution in [3.05, 3.63) is 34.9 Å². The highest BCUT2D eigenvalue weighted by molar-refractivity contribution is 6.31. The molecule has 2 aliphatic rings. The molecule has 3 rings (SSSR count). The Bertz CT molecular complexity index is 463. The lowest BCUT2D eigenvalue weighted by Gasteiger charge is -2.39. The molecule has 1 amide bonds. The third-order valence-electron chi connectivity index (χ3n) is 3.92. The summed E-state index contributed by atoms with van der Waals surface area (Å²) in [5.74, 6) is 0.582. The second kappa shape index (κ2) is 4.90. The Morgan fingerprint density at radius 2 is 2.28 bits per heavy atom. The van der Waals surface area contributed by atoms with Gasteiger partial charge in [-0.15, -0.1) is 0 Å². The van der Waals surface area contributed by atoms with Gasteiger partial charge < -0.3 is 10.1 Å². The first-order valence-electron chi connectivity index (χ1n) is 6.38. The molecule has 1 saturated carbocycles. The van der Waals surface area contributed by atoms with E-state index in [9.17, 15) is 4.79 Å². The van der Waals surface area contributed by atoms with Gasteiger partial charge in [-0.2, -0.15) is 0 Å². The zero-order valence-electron chi connectivity index (χ0n) is 10.1. The second-order valence-corrected chi connectivity index (χ2v) is 5.45. The summed E-state index contributed by atoms with van der Waals surface area (Å²) < 4.78 is 5.53. The maximum absolute atomic E-state index is 11.9. The van der Waals surface area contributed by atoms with Crippen molar-refractivity contribution >= 4 is 17.5 Å². The fourth-order valence-electron chi connectivity index (χ4n) is 2.84. The Morgan fingerprint density at radius 3 is 3.06 bits per heavy atom. The van der Waals surface area contributed by atoms with Crippen molar-refractivity contribution in [3.63, 3.8) is 0 Å². The number of fused-ring (bicyclic) bond motifs is 1. The number of hydrogen-bond donors (Lipinski definition) is 1. The van der Waals surface area contributed by atoms with Crippen LogP contribution in [0.5, 0.6) is 0 Å². The summed E-state index contributed by atoms with van der Waals surface area (Å²) in [6, 6.07) is 7.78. The second-order valence-electron chi connectivity index (χ2n) is 5.04. The van der Waals surface area contributed by atoms with Crippen molar-refractivity contribution in [3.8, 4) is 0 Å². The van der Waals surface area contributed by atoms with Crippen LogP contribution in [0.3, 0.4) is 0 Å². The van der Waals surface area contributed by atoms with E-state index in [1.54, 1.807) is 0 Å². The first-order valence-corrected chi connectivity index (χ1v) is 6.76. The quantitative estimate of drug-likeness (QED) is 0.910. The van der Waals surface area contributed by atoms with Crippen molar-refractivity contribution in [1.29, 1.82) is 0 Å². The summed E-state index contributed by atoms with van der Waals surface area (Å²) in [7, 11) is 0. The van der Waals surface area contributed by atoms with Gasteiger partial charge in [0, 0.05) is 23.6 Å². The zero-order valence-corrected chi connectivity index (χ0v) is 10.8. The van der Waals surface area contributed by atoms with Gasteiger partial charge in [0.1, 0.15) is 0 Å². The maximum atomic E-state index is 11.9. The Balaban J connectivity index is 1.55. The summed E-state index contributed by atoms with van der Waals surface area (Å²) in [5, 5.41) is 3.74. The molecule has 2 fully saturated rings. The van der Waals surface area contributed by atoms with Gasteiger partial charge in [-0.05, 0) is 24.5 Å². The van der Waals surface area contributed by atoms with E-state index in [1.807, 2.05) is 24.3 Å². The van der Waals surface area contributed by atoms with Crippen LogP contribution in [-0.2, 0) is 16.0 Å². The molecule has 0 radical (unpaired) electrons. The highest BCUT2D eigenvalue weighted by Gasteiger charge is 2.45. The lowest BCUT2D eigenvalue weighted by molar-refractivity contribution is -0.123. The molecular formula is C14H16ClNO2. The number of carbonyl (C=O) groups is 1. The minimum Gasteiger partial charge on any atom is -0.378 e. The van der Waals surface area contributed by atoms with Gasteiger partial charge in [-0.3, -0.25) is 4.79 Å². The van der Waals surface area contributed by atoms with Gasteiger partial charge >= 0.3 is 0 Å². The number of rotatable bonds is 3. The molecule has 1 N–H and O–H groups in total. The van der Waals surface area contributed by atoms with Crippen molar-refractivity contribution in [2.24, 2.45) is 5.92 Å². The van der Waals surface area contributed by atoms with Gasteiger partial charge in [0.05, 0.1) is 12.5 Å². The summed E-state index contributed by atoms with van der Waals surface area (Å²) in [4.78, 5) is 11.9. The van der Waals surface area contributed by atoms with Gasteiger partial charge in [0.15, 0.2) is 0 Å². The molecule has 1 aliphatic heterocycles. The van der Waals surface area contributed by atoms with E-state index >= 15 is 0 Å². The average molecular weight is 266 g/mol. The van der Waals surface area contributed by atoms with Crippen molar-refractivity contribution < 1.29 is 9.53 Å². The van der Waals surface area contributed by atoms with Gasteiger partial charge in [-0.1, -0.05) is 29.8 Å². The van der Waals surface area contributed by atoms with Crippen LogP contribution in [0.15, 0.2) is 24.3 Å². The minimum absolute atomic E-state index is 0.0541. The molecule has 96 valence electrons. The summed E-state index contributed by atoms with van der Waals surface area (Å²) in [5.41, 5.74) is 0.884. The molecule has 1 saturated heterocycles. The van der Waals surface area contributed by atoms with Crippen LogP contribution in [-0.4, -0.2) is 24.7 Å². The molecule has 0 unspecified atom stereocenters. The summed E-state index contributed by atoms with van der Waals surface area (Å²) >= 11 is 6.04. The fraction of sp³-hybridized carbons (Fsp3) is 0.500. The maximum Gasteiger partial charge on any atom is 0.224 e. The van der Waals surface area contributed by atoms with Crippen molar-refractivity contribution in [2.75, 3.05) is 6.61 Å². The third kappa shape index (κ3) is 2.25. The molecule has 3 atom stereocenters. The average Bonchev–Trinajstić information content (AvgIpc) is 2.71. The Kier molecular flexibility index (Phi) is 3.27. The molecule has 18 heavy (non-hydrogen) atoms. The lowest BCUT2D eigenvalue weighted by atomic mass is 9.76. The van der Waals surface area contributed by atoms with E-state index in [4.69, 9.17) is 16.3 Å². The van der Waals surface area contributed by atoms with Crippen molar-refractivity contribution in [2.45, 2.75) is 31.4 Å². The first-order chi connectivity index (χ1) is 8.74. The zero-order chi connectivity index (χ0) is 12.5. The molecular weight excluding hydrogens is 250 g/mol. The van der Waals surface area contributed by atoms with Crippen molar-refractivity contribution in [1.82, 2.24) is 5.32 Å². The van der Waals surface area contributed by atoms with E-state index in [0.29, 0.717) is 29.5 Å². The Labute approximate surface area is 111 Å². The van der Waals surface area contributed by atoms with Crippen LogP contribution in [0.4, 0.5) is 0 Å². The van der Waals surface area contributed by atoms with Gasteiger partial charge in [-0.25, -0.2) is 0 Å². The van der Waals surface area contributed by atoms with E-state index in [2.05, 4.69) is 5.32 Å². The minimum atomic E-state index is 0.0541. The van der Waals surface area contributed by atoms with Crippen LogP contribution >= 0.6 is 11.6 Å². The van der Waals surface area contributed by atoms with Crippen LogP contribution < -0.4 is 5.32 Å². The van der Waals surface area contributed by atoms with Crippen LogP contribution in [0, 0.1) is 5.92 Å². The number of nitrogens with one attached hydrogen (secondary N) is 1. The molecule has 1 aliphatic carbocycles. The monoisotopic (exact) mass is 265 g/mol. The summed E-state index contributed by atoms with van der Waals surface area (Å²) in [6.45, 7) is 0.840. The number of carbonyl (C=O) groups excluding carboxylic acids is 1. The van der Waals surface area contributed by atoms with E-state index in [1.165, 1.54) is 0 Å². The molecule has 0 bridgehead atoms. The standard InChI is InChI=1S/C14H16ClNO2/c15-11-4-2-1-3-9(11)7-14(17)16-12-8-13-10(12)5-6-18-13/h1-4,10,12-13H,5-8H2,(H,16,17)/t10-,12+,13+/m1/s1. The van der Waals surface area contributed by atoms with Gasteiger partial charge in [0.25, 0.3) is 0 Å². The number of ether oxygens (including phenoxy) is 1. The highest BCUT2D eigenvalue weighted by atomic mass is 35.5. The van der Waals surface area contributed by atoms with Crippen LogP contribution in [0.2, 0.25) is 5.02 Å². The molecule has 3 nitrogen and oxygen atoms in total. The third-order valence-corrected chi connectivity index (χ3v) is 4.29. The molecule has 0 aromatic heterocycles. The van der Waals surface area contributed by atoms with Crippen LogP contribution in [0.1, 0.15) is 18.4 Å². The largest absolute Gasteiger partial charge is 0.378 e. The SMILES string of the molecule is O=C(Cc1ccccc1Cl)N[C@H]1C[C@@H]2OCC[C@H]12. The van der Waals surface area contributed by atoms with Gasteiger partial charge in [0.2, 0.25) is 5.91 Å². The number of halogens is 1. The predicted molar refractivity (Wildman–Crippen MR) is 69.6 cm³/mol. The first kappa shape index (κ1) is 12.0. The Hall–Kier alpha value is -1.06. The van der Waals surface area contributed by atoms with E-state index in [0.717, 1.165) is 25.0 Å². The fourth-order valence-corrected chi connectivity index (χ4v) is 3.04. The molecule has 4 heteroatoms. The lowest BCUT2D eigenvalue weighted by Crippen LogP contribution is -2.53. The normalized spacial score (nSPS) is 29.5. The number of benzene rings is 1. The molecule has 1 aromatic carbocycles. The summed E-state index contributed by atoms with van der Waals surface area (Å²) in [6.07, 6.45) is 2.77. The predicted octanol–water partition coefficient (Wildman–Crippen LogP) is 2.18.